The standard InChI is InChI=1S/C23H29N3O4S/c1-15-7-8-16(2)21(11-15)29-13-22-24-25-23(30-22)31-14-20(27)19-12-17(3)26(18(19)4)9-6-10-28-5/h7-8,11-12H,6,9-10,13-14H2,1-5H3. The third-order valence-electron chi connectivity index (χ3n) is 5.07. The van der Waals surface area contributed by atoms with Gasteiger partial charge in [0, 0.05) is 37.2 Å². The number of Topliss-reactive ketones (excluding diaryl/α,β-unsaturated/α-hetero) is 1. The van der Waals surface area contributed by atoms with Gasteiger partial charge in [-0.15, -0.1) is 10.2 Å². The maximum Gasteiger partial charge on any atom is 0.277 e. The molecular weight excluding hydrogens is 414 g/mol. The number of hydrogen-bond donors (Lipinski definition) is 0. The van der Waals surface area contributed by atoms with E-state index < -0.39 is 0 Å². The molecule has 7 nitrogen and oxygen atoms in total. The van der Waals surface area contributed by atoms with Gasteiger partial charge in [0.15, 0.2) is 12.4 Å². The summed E-state index contributed by atoms with van der Waals surface area (Å²) in [6, 6.07) is 7.98. The van der Waals surface area contributed by atoms with Crippen molar-refractivity contribution in [2.45, 2.75) is 52.5 Å². The average molecular weight is 444 g/mol. The third-order valence-corrected chi connectivity index (χ3v) is 5.89. The highest BCUT2D eigenvalue weighted by atomic mass is 32.2. The summed E-state index contributed by atoms with van der Waals surface area (Å²) in [7, 11) is 1.69. The predicted octanol–water partition coefficient (Wildman–Crippen LogP) is 4.70. The minimum absolute atomic E-state index is 0.0440. The number of benzene rings is 1. The number of carbonyl (C=O) groups is 1. The first kappa shape index (κ1) is 23.1. The molecule has 0 unspecified atom stereocenters. The molecule has 0 radical (unpaired) electrons. The van der Waals surface area contributed by atoms with E-state index in [1.807, 2.05) is 52.0 Å². The Labute approximate surface area is 187 Å². The number of rotatable bonds is 11. The van der Waals surface area contributed by atoms with Gasteiger partial charge >= 0.3 is 0 Å². The molecule has 0 amide bonds. The van der Waals surface area contributed by atoms with Crippen LogP contribution >= 0.6 is 11.8 Å². The van der Waals surface area contributed by atoms with Crippen LogP contribution in [0.2, 0.25) is 0 Å². The molecule has 8 heteroatoms. The van der Waals surface area contributed by atoms with Gasteiger partial charge in [-0.05, 0) is 57.4 Å². The Balaban J connectivity index is 1.55. The normalized spacial score (nSPS) is 11.1. The highest BCUT2D eigenvalue weighted by molar-refractivity contribution is 7.99. The van der Waals surface area contributed by atoms with Crippen LogP contribution in [0.4, 0.5) is 0 Å². The second-order valence-corrected chi connectivity index (χ2v) is 8.44. The number of methoxy groups -OCH3 is 1. The average Bonchev–Trinajstić information content (AvgIpc) is 3.32. The van der Waals surface area contributed by atoms with E-state index in [0.29, 0.717) is 17.7 Å². The summed E-state index contributed by atoms with van der Waals surface area (Å²) in [4.78, 5) is 12.7. The first-order valence-corrected chi connectivity index (χ1v) is 11.2. The van der Waals surface area contributed by atoms with Crippen LogP contribution in [-0.4, -0.2) is 40.0 Å². The zero-order valence-corrected chi connectivity index (χ0v) is 19.5. The molecular formula is C23H29N3O4S. The third kappa shape index (κ3) is 5.98. The lowest BCUT2D eigenvalue weighted by Gasteiger charge is -2.09. The Morgan fingerprint density at radius 1 is 1.16 bits per heavy atom. The number of thioether (sulfide) groups is 1. The molecule has 0 aliphatic rings. The second kappa shape index (κ2) is 10.6. The molecule has 2 aromatic heterocycles. The van der Waals surface area contributed by atoms with E-state index in [-0.39, 0.29) is 18.1 Å². The van der Waals surface area contributed by atoms with Gasteiger partial charge in [-0.3, -0.25) is 4.79 Å². The number of aryl methyl sites for hydroxylation is 3. The van der Waals surface area contributed by atoms with Crippen LogP contribution in [0.5, 0.6) is 5.75 Å². The van der Waals surface area contributed by atoms with Crippen molar-refractivity contribution >= 4 is 17.5 Å². The molecule has 3 rings (SSSR count). The van der Waals surface area contributed by atoms with Crippen LogP contribution in [-0.2, 0) is 17.9 Å². The quantitative estimate of drug-likeness (QED) is 0.241. The Kier molecular flexibility index (Phi) is 7.92. The van der Waals surface area contributed by atoms with Gasteiger partial charge in [0.25, 0.3) is 11.1 Å². The Morgan fingerprint density at radius 3 is 2.74 bits per heavy atom. The van der Waals surface area contributed by atoms with E-state index >= 15 is 0 Å². The molecule has 166 valence electrons. The molecule has 0 spiro atoms. The van der Waals surface area contributed by atoms with Gasteiger partial charge in [0.05, 0.1) is 5.75 Å². The van der Waals surface area contributed by atoms with Gasteiger partial charge in [-0.2, -0.15) is 0 Å². The largest absolute Gasteiger partial charge is 0.484 e. The molecule has 0 saturated heterocycles. The summed E-state index contributed by atoms with van der Waals surface area (Å²) in [5, 5.41) is 8.41. The van der Waals surface area contributed by atoms with Gasteiger partial charge in [0.2, 0.25) is 0 Å². The summed E-state index contributed by atoms with van der Waals surface area (Å²) >= 11 is 1.24. The van der Waals surface area contributed by atoms with Crippen LogP contribution in [0.3, 0.4) is 0 Å². The fraction of sp³-hybridized carbons (Fsp3) is 0.435. The molecule has 0 atom stereocenters. The molecule has 1 aromatic carbocycles. The van der Waals surface area contributed by atoms with Crippen molar-refractivity contribution < 1.29 is 18.7 Å². The molecule has 0 bridgehead atoms. The lowest BCUT2D eigenvalue weighted by atomic mass is 10.1. The van der Waals surface area contributed by atoms with Crippen molar-refractivity contribution in [1.29, 1.82) is 0 Å². The topological polar surface area (TPSA) is 79.4 Å². The van der Waals surface area contributed by atoms with Crippen molar-refractivity contribution in [3.63, 3.8) is 0 Å². The smallest absolute Gasteiger partial charge is 0.277 e. The fourth-order valence-corrected chi connectivity index (χ4v) is 4.02. The minimum atomic E-state index is 0.0440. The van der Waals surface area contributed by atoms with Gasteiger partial charge < -0.3 is 18.5 Å². The number of carbonyl (C=O) groups excluding carboxylic acids is 1. The number of ether oxygens (including phenoxy) is 2. The van der Waals surface area contributed by atoms with E-state index in [1.165, 1.54) is 11.8 Å². The summed E-state index contributed by atoms with van der Waals surface area (Å²) in [5.74, 6) is 1.46. The van der Waals surface area contributed by atoms with E-state index in [4.69, 9.17) is 13.9 Å². The maximum absolute atomic E-state index is 12.7. The van der Waals surface area contributed by atoms with Crippen molar-refractivity contribution in [2.75, 3.05) is 19.5 Å². The predicted molar refractivity (Wildman–Crippen MR) is 120 cm³/mol. The van der Waals surface area contributed by atoms with Crippen molar-refractivity contribution in [2.24, 2.45) is 0 Å². The van der Waals surface area contributed by atoms with Crippen LogP contribution < -0.4 is 4.74 Å². The Bertz CT molecular complexity index is 1040. The zero-order chi connectivity index (χ0) is 22.4. The number of hydrogen-bond acceptors (Lipinski definition) is 7. The van der Waals surface area contributed by atoms with Crippen LogP contribution in [0.1, 0.15) is 45.2 Å². The van der Waals surface area contributed by atoms with Gasteiger partial charge in [-0.25, -0.2) is 0 Å². The molecule has 0 saturated carbocycles. The van der Waals surface area contributed by atoms with E-state index in [0.717, 1.165) is 46.8 Å². The summed E-state index contributed by atoms with van der Waals surface area (Å²) < 4.78 is 18.7. The zero-order valence-electron chi connectivity index (χ0n) is 18.7. The highest BCUT2D eigenvalue weighted by Crippen LogP contribution is 2.23. The number of aromatic nitrogens is 3. The maximum atomic E-state index is 12.7. The van der Waals surface area contributed by atoms with Crippen molar-refractivity contribution in [3.8, 4) is 5.75 Å². The van der Waals surface area contributed by atoms with Crippen molar-refractivity contribution in [3.05, 3.63) is 58.2 Å². The van der Waals surface area contributed by atoms with Gasteiger partial charge in [-0.1, -0.05) is 23.9 Å². The van der Waals surface area contributed by atoms with Crippen LogP contribution in [0.15, 0.2) is 33.9 Å². The van der Waals surface area contributed by atoms with E-state index in [2.05, 4.69) is 14.8 Å². The number of ketones is 1. The Hall–Kier alpha value is -2.58. The SMILES string of the molecule is COCCCn1c(C)cc(C(=O)CSc2nnc(COc3cc(C)ccc3C)o2)c1C. The minimum Gasteiger partial charge on any atom is -0.484 e. The van der Waals surface area contributed by atoms with E-state index in [1.54, 1.807) is 7.11 Å². The number of nitrogens with zero attached hydrogens (tertiary/aromatic N) is 3. The van der Waals surface area contributed by atoms with Crippen LogP contribution in [0, 0.1) is 27.7 Å². The lowest BCUT2D eigenvalue weighted by Crippen LogP contribution is -2.08. The molecule has 0 fully saturated rings. The molecule has 2 heterocycles. The molecule has 0 aliphatic heterocycles. The highest BCUT2D eigenvalue weighted by Gasteiger charge is 2.17. The molecule has 0 aliphatic carbocycles. The summed E-state index contributed by atoms with van der Waals surface area (Å²) in [5.41, 5.74) is 4.96. The summed E-state index contributed by atoms with van der Waals surface area (Å²) in [6.45, 7) is 9.72. The second-order valence-electron chi connectivity index (χ2n) is 7.51. The van der Waals surface area contributed by atoms with E-state index in [9.17, 15) is 4.79 Å². The van der Waals surface area contributed by atoms with Gasteiger partial charge in [0.1, 0.15) is 5.75 Å². The Morgan fingerprint density at radius 2 is 1.97 bits per heavy atom. The monoisotopic (exact) mass is 443 g/mol. The first-order chi connectivity index (χ1) is 14.9. The molecule has 0 N–H and O–H groups in total. The molecule has 31 heavy (non-hydrogen) atoms. The van der Waals surface area contributed by atoms with Crippen LogP contribution in [0.25, 0.3) is 0 Å². The summed E-state index contributed by atoms with van der Waals surface area (Å²) in [6.07, 6.45) is 0.907. The first-order valence-electron chi connectivity index (χ1n) is 10.2. The van der Waals surface area contributed by atoms with Crippen molar-refractivity contribution in [1.82, 2.24) is 14.8 Å². The molecule has 3 aromatic rings. The fourth-order valence-electron chi connectivity index (χ4n) is 3.36. The lowest BCUT2D eigenvalue weighted by molar-refractivity contribution is 0.102.